The molecule has 0 aliphatic heterocycles. The third-order valence-electron chi connectivity index (χ3n) is 1.48. The molecule has 1 rings (SSSR count). The third-order valence-corrected chi connectivity index (χ3v) is 1.48. The van der Waals surface area contributed by atoms with E-state index in [4.69, 9.17) is 5.21 Å². The first-order chi connectivity index (χ1) is 4.70. The van der Waals surface area contributed by atoms with E-state index in [1.54, 1.807) is 12.4 Å². The predicted molar refractivity (Wildman–Crippen MR) is 37.9 cm³/mol. The average Bonchev–Trinajstić information content (AvgIpc) is 1.88. The van der Waals surface area contributed by atoms with E-state index in [1.165, 1.54) is 0 Å². The molecule has 0 aliphatic rings. The smallest absolute Gasteiger partial charge is 0.225 e. The fourth-order valence-corrected chi connectivity index (χ4v) is 0.823. The van der Waals surface area contributed by atoms with Crippen LogP contribution < -0.4 is 4.73 Å². The van der Waals surface area contributed by atoms with Gasteiger partial charge < -0.3 is 0 Å². The SMILES string of the molecule is CC(C)c1ccc[n+](O)c1. The van der Waals surface area contributed by atoms with Crippen LogP contribution in [0.15, 0.2) is 24.5 Å². The van der Waals surface area contributed by atoms with Crippen LogP contribution in [0.4, 0.5) is 0 Å². The van der Waals surface area contributed by atoms with Crippen LogP contribution in [0.2, 0.25) is 0 Å². The molecule has 0 aromatic carbocycles. The Balaban J connectivity index is 2.96. The lowest BCUT2D eigenvalue weighted by Gasteiger charge is -1.98. The van der Waals surface area contributed by atoms with Crippen molar-refractivity contribution >= 4 is 0 Å². The fraction of sp³-hybridized carbons (Fsp3) is 0.375. The molecule has 1 N–H and O–H groups in total. The zero-order valence-electron chi connectivity index (χ0n) is 6.28. The second-order valence-corrected chi connectivity index (χ2v) is 2.67. The molecule has 2 heteroatoms. The summed E-state index contributed by atoms with van der Waals surface area (Å²) < 4.78 is 1.08. The van der Waals surface area contributed by atoms with Crippen molar-refractivity contribution in [1.82, 2.24) is 0 Å². The van der Waals surface area contributed by atoms with Crippen LogP contribution in [-0.4, -0.2) is 5.21 Å². The molecule has 0 saturated carbocycles. The van der Waals surface area contributed by atoms with Crippen LogP contribution in [0.5, 0.6) is 0 Å². The van der Waals surface area contributed by atoms with Crippen LogP contribution in [0.3, 0.4) is 0 Å². The Morgan fingerprint density at radius 2 is 2.20 bits per heavy atom. The van der Waals surface area contributed by atoms with Gasteiger partial charge in [-0.2, -0.15) is 0 Å². The molecular formula is C8H12NO+. The van der Waals surface area contributed by atoms with Gasteiger partial charge in [0.2, 0.25) is 12.4 Å². The Labute approximate surface area is 60.7 Å². The summed E-state index contributed by atoms with van der Waals surface area (Å²) in [7, 11) is 0. The van der Waals surface area contributed by atoms with Gasteiger partial charge in [-0.25, -0.2) is 0 Å². The molecule has 54 valence electrons. The van der Waals surface area contributed by atoms with Crippen molar-refractivity contribution in [2.75, 3.05) is 0 Å². The van der Waals surface area contributed by atoms with Gasteiger partial charge in [0.15, 0.2) is 0 Å². The Morgan fingerprint density at radius 3 is 2.60 bits per heavy atom. The monoisotopic (exact) mass is 138 g/mol. The zero-order chi connectivity index (χ0) is 7.56. The number of nitrogens with zero attached hydrogens (tertiary/aromatic N) is 1. The van der Waals surface area contributed by atoms with Gasteiger partial charge in [0, 0.05) is 16.4 Å². The second kappa shape index (κ2) is 2.69. The predicted octanol–water partition coefficient (Wildman–Crippen LogP) is 1.33. The third kappa shape index (κ3) is 1.47. The van der Waals surface area contributed by atoms with E-state index in [2.05, 4.69) is 13.8 Å². The quantitative estimate of drug-likeness (QED) is 0.459. The number of pyridine rings is 1. The summed E-state index contributed by atoms with van der Waals surface area (Å²) in [6.07, 6.45) is 3.32. The van der Waals surface area contributed by atoms with E-state index in [0.717, 1.165) is 10.3 Å². The summed E-state index contributed by atoms with van der Waals surface area (Å²) in [5, 5.41) is 8.98. The molecule has 0 aliphatic carbocycles. The second-order valence-electron chi connectivity index (χ2n) is 2.67. The Morgan fingerprint density at radius 1 is 1.50 bits per heavy atom. The topological polar surface area (TPSA) is 24.1 Å². The summed E-state index contributed by atoms with van der Waals surface area (Å²) >= 11 is 0. The van der Waals surface area contributed by atoms with Crippen molar-refractivity contribution in [2.24, 2.45) is 0 Å². The number of rotatable bonds is 1. The van der Waals surface area contributed by atoms with E-state index in [9.17, 15) is 0 Å². The van der Waals surface area contributed by atoms with Crippen LogP contribution in [0, 0.1) is 0 Å². The maximum atomic E-state index is 8.98. The lowest BCUT2D eigenvalue weighted by molar-refractivity contribution is -0.905. The first-order valence-corrected chi connectivity index (χ1v) is 3.40. The van der Waals surface area contributed by atoms with E-state index >= 15 is 0 Å². The van der Waals surface area contributed by atoms with Crippen LogP contribution in [0.1, 0.15) is 25.3 Å². The Kier molecular flexibility index (Phi) is 1.90. The van der Waals surface area contributed by atoms with Crippen LogP contribution >= 0.6 is 0 Å². The van der Waals surface area contributed by atoms with Gasteiger partial charge in [0.05, 0.1) is 0 Å². The molecule has 0 atom stereocenters. The molecule has 0 saturated heterocycles. The minimum Gasteiger partial charge on any atom is -0.285 e. The standard InChI is InChI=1S/C8H12NO/c1-7(2)8-4-3-5-9(10)6-8/h3-7,10H,1-2H3/q+1. The molecular weight excluding hydrogens is 126 g/mol. The van der Waals surface area contributed by atoms with E-state index in [-0.39, 0.29) is 0 Å². The molecule has 0 unspecified atom stereocenters. The molecule has 1 aromatic rings. The number of hydrogen-bond donors (Lipinski definition) is 1. The van der Waals surface area contributed by atoms with Crippen molar-refractivity contribution in [3.8, 4) is 0 Å². The highest BCUT2D eigenvalue weighted by Gasteiger charge is 2.02. The summed E-state index contributed by atoms with van der Waals surface area (Å²) in [6.45, 7) is 4.19. The molecule has 10 heavy (non-hydrogen) atoms. The van der Waals surface area contributed by atoms with Crippen molar-refractivity contribution in [1.29, 1.82) is 0 Å². The van der Waals surface area contributed by atoms with Crippen molar-refractivity contribution in [3.05, 3.63) is 30.1 Å². The highest BCUT2D eigenvalue weighted by atomic mass is 16.5. The van der Waals surface area contributed by atoms with E-state index in [0.29, 0.717) is 5.92 Å². The van der Waals surface area contributed by atoms with E-state index < -0.39 is 0 Å². The Bertz CT molecular complexity index is 220. The first-order valence-electron chi connectivity index (χ1n) is 3.40. The van der Waals surface area contributed by atoms with Gasteiger partial charge >= 0.3 is 0 Å². The fourth-order valence-electron chi connectivity index (χ4n) is 0.823. The minimum absolute atomic E-state index is 0.472. The molecule has 0 radical (unpaired) electrons. The molecule has 1 heterocycles. The van der Waals surface area contributed by atoms with Gasteiger partial charge in [0.25, 0.3) is 0 Å². The largest absolute Gasteiger partial charge is 0.285 e. The van der Waals surface area contributed by atoms with Crippen molar-refractivity contribution in [2.45, 2.75) is 19.8 Å². The highest BCUT2D eigenvalue weighted by molar-refractivity contribution is 5.09. The minimum atomic E-state index is 0.472. The number of hydrogen-bond acceptors (Lipinski definition) is 1. The maximum absolute atomic E-state index is 8.98. The van der Waals surface area contributed by atoms with Gasteiger partial charge in [-0.3, -0.25) is 5.21 Å². The first kappa shape index (κ1) is 7.06. The van der Waals surface area contributed by atoms with Gasteiger partial charge in [0.1, 0.15) is 0 Å². The van der Waals surface area contributed by atoms with E-state index in [1.807, 2.05) is 12.1 Å². The summed E-state index contributed by atoms with van der Waals surface area (Å²) in [4.78, 5) is 0. The van der Waals surface area contributed by atoms with Crippen LogP contribution in [-0.2, 0) is 0 Å². The summed E-state index contributed by atoms with van der Waals surface area (Å²) in [5.74, 6) is 0.472. The van der Waals surface area contributed by atoms with Gasteiger partial charge in [-0.05, 0) is 12.0 Å². The average molecular weight is 138 g/mol. The lowest BCUT2D eigenvalue weighted by atomic mass is 10.1. The van der Waals surface area contributed by atoms with Crippen molar-refractivity contribution < 1.29 is 9.94 Å². The maximum Gasteiger partial charge on any atom is 0.225 e. The molecule has 0 fully saturated rings. The van der Waals surface area contributed by atoms with Crippen LogP contribution in [0.25, 0.3) is 0 Å². The number of aromatic nitrogens is 1. The van der Waals surface area contributed by atoms with Crippen molar-refractivity contribution in [3.63, 3.8) is 0 Å². The normalized spacial score (nSPS) is 10.3. The zero-order valence-corrected chi connectivity index (χ0v) is 6.28. The summed E-state index contributed by atoms with van der Waals surface area (Å²) in [6, 6.07) is 3.83. The molecule has 1 aromatic heterocycles. The lowest BCUT2D eigenvalue weighted by Crippen LogP contribution is -2.28. The molecule has 2 nitrogen and oxygen atoms in total. The molecule has 0 spiro atoms. The van der Waals surface area contributed by atoms with Gasteiger partial charge in [-0.15, -0.1) is 0 Å². The highest BCUT2D eigenvalue weighted by Crippen LogP contribution is 2.09. The molecule has 0 amide bonds. The van der Waals surface area contributed by atoms with Gasteiger partial charge in [-0.1, -0.05) is 13.8 Å². The molecule has 0 bridgehead atoms. The Hall–Kier alpha value is -1.05. The summed E-state index contributed by atoms with van der Waals surface area (Å²) in [5.41, 5.74) is 1.14.